The van der Waals surface area contributed by atoms with E-state index in [1.807, 2.05) is 0 Å². The quantitative estimate of drug-likeness (QED) is 0.219. The highest BCUT2D eigenvalue weighted by Gasteiger charge is 2.53. The summed E-state index contributed by atoms with van der Waals surface area (Å²) in [6.45, 7) is 12.3. The van der Waals surface area contributed by atoms with Crippen LogP contribution in [0.1, 0.15) is 73.1 Å². The van der Waals surface area contributed by atoms with Crippen LogP contribution >= 0.6 is 22.6 Å². The molecule has 0 aliphatic heterocycles. The van der Waals surface area contributed by atoms with Gasteiger partial charge in [0.15, 0.2) is 8.32 Å². The second kappa shape index (κ2) is 8.53. The molecule has 2 fully saturated rings. The molecule has 23 heavy (non-hydrogen) atoms. The molecule has 0 amide bonds. The molecule has 1 unspecified atom stereocenters. The third-order valence-electron chi connectivity index (χ3n) is 7.72. The molecular formula is C20H39IOSi. The molecule has 0 aromatic heterocycles. The van der Waals surface area contributed by atoms with Crippen LogP contribution in [0.3, 0.4) is 0 Å². The second-order valence-corrected chi connectivity index (χ2v) is 14.3. The van der Waals surface area contributed by atoms with Crippen molar-refractivity contribution in [1.29, 1.82) is 0 Å². The molecule has 1 nitrogen and oxygen atoms in total. The van der Waals surface area contributed by atoms with Crippen molar-refractivity contribution in [2.75, 3.05) is 4.43 Å². The largest absolute Gasteiger partial charge is 0.414 e. The van der Waals surface area contributed by atoms with Crippen LogP contribution in [0.2, 0.25) is 18.1 Å². The van der Waals surface area contributed by atoms with Crippen LogP contribution in [0.25, 0.3) is 0 Å². The number of halogens is 1. The van der Waals surface area contributed by atoms with Crippen molar-refractivity contribution in [2.45, 2.75) is 97.4 Å². The van der Waals surface area contributed by atoms with E-state index in [0.29, 0.717) is 11.5 Å². The Morgan fingerprint density at radius 3 is 2.35 bits per heavy atom. The molecule has 0 heterocycles. The summed E-state index contributed by atoms with van der Waals surface area (Å²) in [4.78, 5) is 0. The average molecular weight is 451 g/mol. The second-order valence-electron chi connectivity index (χ2n) is 8.54. The zero-order chi connectivity index (χ0) is 17.1. The third kappa shape index (κ3) is 4.02. The van der Waals surface area contributed by atoms with Crippen LogP contribution in [-0.4, -0.2) is 18.8 Å². The highest BCUT2D eigenvalue weighted by atomic mass is 127. The molecule has 2 saturated carbocycles. The molecule has 0 bridgehead atoms. The molecule has 136 valence electrons. The highest BCUT2D eigenvalue weighted by molar-refractivity contribution is 14.1. The SMILES string of the molecule is CC[Si](CC)(CC)OC1CCC[C@]2(C)[C@@H]([C@H](C)CCI)CC[C@@H]12. The summed E-state index contributed by atoms with van der Waals surface area (Å²) in [6, 6.07) is 3.90. The minimum absolute atomic E-state index is 0.559. The smallest absolute Gasteiger partial charge is 0.192 e. The van der Waals surface area contributed by atoms with E-state index in [0.717, 1.165) is 17.8 Å². The van der Waals surface area contributed by atoms with Gasteiger partial charge in [-0.05, 0) is 77.8 Å². The van der Waals surface area contributed by atoms with Crippen LogP contribution in [0.5, 0.6) is 0 Å². The lowest BCUT2D eigenvalue weighted by molar-refractivity contribution is -0.0195. The van der Waals surface area contributed by atoms with E-state index in [1.54, 1.807) is 0 Å². The Kier molecular flexibility index (Phi) is 7.50. The Labute approximate surface area is 160 Å². The Morgan fingerprint density at radius 2 is 1.78 bits per heavy atom. The molecule has 0 radical (unpaired) electrons. The Morgan fingerprint density at radius 1 is 1.13 bits per heavy atom. The van der Waals surface area contributed by atoms with Crippen LogP contribution in [0.4, 0.5) is 0 Å². The van der Waals surface area contributed by atoms with Gasteiger partial charge in [0.2, 0.25) is 0 Å². The van der Waals surface area contributed by atoms with Crippen molar-refractivity contribution in [1.82, 2.24) is 0 Å². The van der Waals surface area contributed by atoms with Gasteiger partial charge in [-0.3, -0.25) is 0 Å². The predicted molar refractivity (Wildman–Crippen MR) is 113 cm³/mol. The van der Waals surface area contributed by atoms with Crippen molar-refractivity contribution in [3.05, 3.63) is 0 Å². The first kappa shape index (κ1) is 20.2. The van der Waals surface area contributed by atoms with Gasteiger partial charge < -0.3 is 4.43 Å². The van der Waals surface area contributed by atoms with Gasteiger partial charge in [-0.2, -0.15) is 0 Å². The van der Waals surface area contributed by atoms with E-state index in [9.17, 15) is 0 Å². The summed E-state index contributed by atoms with van der Waals surface area (Å²) in [5.74, 6) is 2.68. The number of hydrogen-bond acceptors (Lipinski definition) is 1. The molecule has 0 aromatic rings. The number of fused-ring (bicyclic) bond motifs is 1. The molecule has 2 rings (SSSR count). The van der Waals surface area contributed by atoms with Crippen LogP contribution in [-0.2, 0) is 4.43 Å². The van der Waals surface area contributed by atoms with E-state index in [2.05, 4.69) is 57.2 Å². The minimum atomic E-state index is -1.46. The van der Waals surface area contributed by atoms with Crippen molar-refractivity contribution in [3.63, 3.8) is 0 Å². The summed E-state index contributed by atoms with van der Waals surface area (Å²) < 4.78 is 8.34. The average Bonchev–Trinajstić information content (AvgIpc) is 2.91. The maximum atomic E-state index is 7.03. The molecule has 2 aliphatic rings. The van der Waals surface area contributed by atoms with E-state index in [4.69, 9.17) is 4.43 Å². The molecule has 2 aliphatic carbocycles. The first-order valence-corrected chi connectivity index (χ1v) is 14.3. The maximum Gasteiger partial charge on any atom is 0.192 e. The molecular weight excluding hydrogens is 411 g/mol. The molecule has 3 heteroatoms. The lowest BCUT2D eigenvalue weighted by atomic mass is 9.61. The monoisotopic (exact) mass is 450 g/mol. The predicted octanol–water partition coefficient (Wildman–Crippen LogP) is 7.05. The van der Waals surface area contributed by atoms with Gasteiger partial charge in [0.1, 0.15) is 0 Å². The van der Waals surface area contributed by atoms with Crippen molar-refractivity contribution in [2.24, 2.45) is 23.2 Å². The lowest BCUT2D eigenvalue weighted by Gasteiger charge is -2.49. The third-order valence-corrected chi connectivity index (χ3v) is 13.0. The van der Waals surface area contributed by atoms with Gasteiger partial charge in [0, 0.05) is 6.10 Å². The lowest BCUT2D eigenvalue weighted by Crippen LogP contribution is -2.48. The van der Waals surface area contributed by atoms with Crippen molar-refractivity contribution < 1.29 is 4.43 Å². The summed E-state index contributed by atoms with van der Waals surface area (Å²) in [5.41, 5.74) is 0.559. The fraction of sp³-hybridized carbons (Fsp3) is 1.00. The first-order valence-electron chi connectivity index (χ1n) is 10.2. The van der Waals surface area contributed by atoms with E-state index >= 15 is 0 Å². The van der Waals surface area contributed by atoms with Gasteiger partial charge in [0.25, 0.3) is 0 Å². The summed E-state index contributed by atoms with van der Waals surface area (Å²) in [5, 5.41) is 0. The molecule has 0 N–H and O–H groups in total. The van der Waals surface area contributed by atoms with Crippen LogP contribution in [0.15, 0.2) is 0 Å². The number of alkyl halides is 1. The zero-order valence-electron chi connectivity index (χ0n) is 16.2. The fourth-order valence-electron chi connectivity index (χ4n) is 5.93. The Balaban J connectivity index is 2.14. The summed E-state index contributed by atoms with van der Waals surface area (Å²) >= 11 is 2.56. The zero-order valence-corrected chi connectivity index (χ0v) is 19.3. The Bertz CT molecular complexity index is 362. The number of rotatable bonds is 8. The molecule has 0 spiro atoms. The van der Waals surface area contributed by atoms with Gasteiger partial charge in [-0.25, -0.2) is 0 Å². The topological polar surface area (TPSA) is 9.23 Å². The molecule has 0 saturated heterocycles. The molecule has 5 atom stereocenters. The van der Waals surface area contributed by atoms with Gasteiger partial charge in [0.05, 0.1) is 0 Å². The van der Waals surface area contributed by atoms with E-state index in [-0.39, 0.29) is 0 Å². The Hall–Kier alpha value is 0.907. The van der Waals surface area contributed by atoms with Gasteiger partial charge in [-0.1, -0.05) is 63.6 Å². The first-order chi connectivity index (χ1) is 11.0. The summed E-state index contributed by atoms with van der Waals surface area (Å²) in [6.07, 6.45) is 9.05. The van der Waals surface area contributed by atoms with E-state index in [1.165, 1.54) is 61.1 Å². The van der Waals surface area contributed by atoms with Crippen molar-refractivity contribution in [3.8, 4) is 0 Å². The standard InChI is InChI=1S/C20H39IOSi/c1-6-23(7-2,8-3)22-19-10-9-14-20(5)17(11-12-18(19)20)16(4)13-15-21/h16-19H,6-15H2,1-5H3/t16-,17-,18+,19?,20-/m1/s1. The fourth-order valence-corrected chi connectivity index (χ4v) is 9.84. The van der Waals surface area contributed by atoms with Gasteiger partial charge in [-0.15, -0.1) is 0 Å². The van der Waals surface area contributed by atoms with E-state index < -0.39 is 8.32 Å². The highest BCUT2D eigenvalue weighted by Crippen LogP contribution is 2.59. The van der Waals surface area contributed by atoms with Crippen molar-refractivity contribution >= 4 is 30.9 Å². The minimum Gasteiger partial charge on any atom is -0.414 e. The maximum absolute atomic E-state index is 7.03. The van der Waals surface area contributed by atoms with Gasteiger partial charge >= 0.3 is 0 Å². The van der Waals surface area contributed by atoms with Crippen LogP contribution < -0.4 is 0 Å². The molecule has 0 aromatic carbocycles. The summed E-state index contributed by atoms with van der Waals surface area (Å²) in [7, 11) is -1.46. The normalized spacial score (nSPS) is 36.0. The number of hydrogen-bond donors (Lipinski definition) is 0. The van der Waals surface area contributed by atoms with Crippen LogP contribution in [0, 0.1) is 23.2 Å².